The van der Waals surface area contributed by atoms with Crippen LogP contribution in [-0.4, -0.2) is 38.5 Å². The number of methoxy groups -OCH3 is 1. The number of rotatable bonds is 8. The Bertz CT molecular complexity index is 291. The number of ether oxygens (including phenoxy) is 2. The molecule has 16 heavy (non-hydrogen) atoms. The number of nitrogens with one attached hydrogen (secondary N) is 1. The van der Waals surface area contributed by atoms with Crippen molar-refractivity contribution in [2.45, 2.75) is 6.42 Å². The molecule has 0 aromatic heterocycles. The first kappa shape index (κ1) is 12.8. The van der Waals surface area contributed by atoms with Crippen LogP contribution in [0, 0.1) is 0 Å². The van der Waals surface area contributed by atoms with Crippen molar-refractivity contribution in [3.63, 3.8) is 0 Å². The minimum Gasteiger partial charge on any atom is -0.497 e. The molecule has 90 valence electrons. The van der Waals surface area contributed by atoms with Gasteiger partial charge in [0.25, 0.3) is 0 Å². The molecular formula is C12H19NO3. The topological polar surface area (TPSA) is 50.7 Å². The van der Waals surface area contributed by atoms with Crippen LogP contribution in [0.5, 0.6) is 11.5 Å². The fourth-order valence-electron chi connectivity index (χ4n) is 1.28. The fraction of sp³-hybridized carbons (Fsp3) is 0.500. The molecule has 0 saturated carbocycles. The first-order valence-electron chi connectivity index (χ1n) is 5.45. The van der Waals surface area contributed by atoms with Gasteiger partial charge in [0.15, 0.2) is 0 Å². The van der Waals surface area contributed by atoms with E-state index in [1.54, 1.807) is 7.11 Å². The molecule has 0 heterocycles. The van der Waals surface area contributed by atoms with Crippen molar-refractivity contribution in [1.82, 2.24) is 5.32 Å². The monoisotopic (exact) mass is 225 g/mol. The van der Waals surface area contributed by atoms with Crippen molar-refractivity contribution in [3.05, 3.63) is 24.3 Å². The van der Waals surface area contributed by atoms with Gasteiger partial charge in [-0.15, -0.1) is 0 Å². The van der Waals surface area contributed by atoms with E-state index in [1.807, 2.05) is 24.3 Å². The molecule has 2 N–H and O–H groups in total. The second kappa shape index (κ2) is 7.96. The van der Waals surface area contributed by atoms with Crippen LogP contribution in [0.1, 0.15) is 6.42 Å². The van der Waals surface area contributed by atoms with Crippen molar-refractivity contribution < 1.29 is 14.6 Å². The zero-order valence-electron chi connectivity index (χ0n) is 9.61. The highest BCUT2D eigenvalue weighted by Gasteiger charge is 1.96. The van der Waals surface area contributed by atoms with E-state index in [4.69, 9.17) is 14.6 Å². The average Bonchev–Trinajstić information content (AvgIpc) is 2.34. The van der Waals surface area contributed by atoms with Crippen LogP contribution >= 0.6 is 0 Å². The lowest BCUT2D eigenvalue weighted by molar-refractivity contribution is 0.281. The number of hydrogen-bond donors (Lipinski definition) is 2. The number of aliphatic hydroxyl groups is 1. The summed E-state index contributed by atoms with van der Waals surface area (Å²) >= 11 is 0. The molecule has 0 spiro atoms. The smallest absolute Gasteiger partial charge is 0.122 e. The van der Waals surface area contributed by atoms with Gasteiger partial charge >= 0.3 is 0 Å². The van der Waals surface area contributed by atoms with Gasteiger partial charge in [0.1, 0.15) is 11.5 Å². The molecule has 0 bridgehead atoms. The lowest BCUT2D eigenvalue weighted by atomic mass is 10.3. The molecule has 1 rings (SSSR count). The van der Waals surface area contributed by atoms with E-state index in [0.29, 0.717) is 13.2 Å². The zero-order valence-corrected chi connectivity index (χ0v) is 9.61. The maximum absolute atomic E-state index is 8.55. The van der Waals surface area contributed by atoms with Gasteiger partial charge < -0.3 is 19.9 Å². The summed E-state index contributed by atoms with van der Waals surface area (Å²) in [5, 5.41) is 11.6. The second-order valence-corrected chi connectivity index (χ2v) is 3.35. The Morgan fingerprint density at radius 3 is 2.81 bits per heavy atom. The minimum absolute atomic E-state index is 0.177. The summed E-state index contributed by atoms with van der Waals surface area (Å²) < 4.78 is 10.6. The maximum Gasteiger partial charge on any atom is 0.122 e. The third kappa shape index (κ3) is 5.00. The lowest BCUT2D eigenvalue weighted by Crippen LogP contribution is -2.20. The number of benzene rings is 1. The lowest BCUT2D eigenvalue weighted by Gasteiger charge is -2.07. The summed E-state index contributed by atoms with van der Waals surface area (Å²) in [6, 6.07) is 7.55. The van der Waals surface area contributed by atoms with Gasteiger partial charge in [-0.05, 0) is 25.1 Å². The molecule has 0 radical (unpaired) electrons. The Kier molecular flexibility index (Phi) is 6.37. The molecule has 0 fully saturated rings. The van der Waals surface area contributed by atoms with E-state index < -0.39 is 0 Å². The first-order valence-corrected chi connectivity index (χ1v) is 5.45. The highest BCUT2D eigenvalue weighted by atomic mass is 16.5. The van der Waals surface area contributed by atoms with Crippen LogP contribution < -0.4 is 14.8 Å². The van der Waals surface area contributed by atoms with E-state index >= 15 is 0 Å². The molecule has 0 saturated heterocycles. The van der Waals surface area contributed by atoms with E-state index in [-0.39, 0.29) is 6.61 Å². The van der Waals surface area contributed by atoms with Gasteiger partial charge in [-0.3, -0.25) is 0 Å². The Balaban J connectivity index is 2.16. The molecule has 4 heteroatoms. The van der Waals surface area contributed by atoms with Gasteiger partial charge in [0.05, 0.1) is 20.3 Å². The molecule has 0 unspecified atom stereocenters. The van der Waals surface area contributed by atoms with Crippen molar-refractivity contribution in [3.8, 4) is 11.5 Å². The van der Waals surface area contributed by atoms with E-state index in [9.17, 15) is 0 Å². The Hall–Kier alpha value is -1.26. The molecule has 1 aromatic rings. The summed E-state index contributed by atoms with van der Waals surface area (Å²) in [7, 11) is 1.64. The van der Waals surface area contributed by atoms with Crippen LogP contribution in [0.2, 0.25) is 0 Å². The van der Waals surface area contributed by atoms with E-state index in [2.05, 4.69) is 5.32 Å². The summed E-state index contributed by atoms with van der Waals surface area (Å²) in [6.07, 6.45) is 0.914. The van der Waals surface area contributed by atoms with Crippen molar-refractivity contribution in [1.29, 1.82) is 0 Å². The third-order valence-corrected chi connectivity index (χ3v) is 2.10. The van der Waals surface area contributed by atoms with E-state index in [1.165, 1.54) is 0 Å². The van der Waals surface area contributed by atoms with Crippen molar-refractivity contribution >= 4 is 0 Å². The summed E-state index contributed by atoms with van der Waals surface area (Å²) in [6.45, 7) is 2.33. The largest absolute Gasteiger partial charge is 0.497 e. The number of hydrogen-bond acceptors (Lipinski definition) is 4. The molecule has 0 aliphatic rings. The van der Waals surface area contributed by atoms with Crippen molar-refractivity contribution in [2.24, 2.45) is 0 Å². The highest BCUT2D eigenvalue weighted by molar-refractivity contribution is 5.32. The van der Waals surface area contributed by atoms with Crippen LogP contribution in [0.25, 0.3) is 0 Å². The quantitative estimate of drug-likeness (QED) is 0.649. The van der Waals surface area contributed by atoms with Gasteiger partial charge in [-0.25, -0.2) is 0 Å². The molecule has 0 aliphatic heterocycles. The Morgan fingerprint density at radius 1 is 1.25 bits per heavy atom. The molecule has 1 aromatic carbocycles. The SMILES string of the molecule is COc1cccc(OCCCNCCO)c1. The fourth-order valence-corrected chi connectivity index (χ4v) is 1.28. The predicted molar refractivity (Wildman–Crippen MR) is 63.1 cm³/mol. The average molecular weight is 225 g/mol. The van der Waals surface area contributed by atoms with Crippen LogP contribution in [-0.2, 0) is 0 Å². The molecule has 4 nitrogen and oxygen atoms in total. The van der Waals surface area contributed by atoms with E-state index in [0.717, 1.165) is 24.5 Å². The second-order valence-electron chi connectivity index (χ2n) is 3.35. The van der Waals surface area contributed by atoms with Gasteiger partial charge in [0.2, 0.25) is 0 Å². The summed E-state index contributed by atoms with van der Waals surface area (Å²) in [5.41, 5.74) is 0. The maximum atomic E-state index is 8.55. The van der Waals surface area contributed by atoms with Gasteiger partial charge in [0, 0.05) is 12.6 Å². The third-order valence-electron chi connectivity index (χ3n) is 2.10. The highest BCUT2D eigenvalue weighted by Crippen LogP contribution is 2.18. The van der Waals surface area contributed by atoms with Crippen LogP contribution in [0.4, 0.5) is 0 Å². The first-order chi connectivity index (χ1) is 7.86. The minimum atomic E-state index is 0.177. The molecule has 0 amide bonds. The van der Waals surface area contributed by atoms with Crippen LogP contribution in [0.3, 0.4) is 0 Å². The normalized spacial score (nSPS) is 10.1. The summed E-state index contributed by atoms with van der Waals surface area (Å²) in [4.78, 5) is 0. The zero-order chi connectivity index (χ0) is 11.6. The van der Waals surface area contributed by atoms with Crippen molar-refractivity contribution in [2.75, 3.05) is 33.4 Å². The standard InChI is InChI=1S/C12H19NO3/c1-15-11-4-2-5-12(10-11)16-9-3-6-13-7-8-14/h2,4-5,10,13-14H,3,6-9H2,1H3. The Morgan fingerprint density at radius 2 is 2.06 bits per heavy atom. The predicted octanol–water partition coefficient (Wildman–Crippen LogP) is 1.05. The molecule has 0 atom stereocenters. The van der Waals surface area contributed by atoms with Crippen LogP contribution in [0.15, 0.2) is 24.3 Å². The Labute approximate surface area is 96.2 Å². The molecular weight excluding hydrogens is 206 g/mol. The molecule has 0 aliphatic carbocycles. The van der Waals surface area contributed by atoms with Gasteiger partial charge in [-0.1, -0.05) is 6.07 Å². The van der Waals surface area contributed by atoms with Gasteiger partial charge in [-0.2, -0.15) is 0 Å². The number of aliphatic hydroxyl groups excluding tert-OH is 1. The summed E-state index contributed by atoms with van der Waals surface area (Å²) in [5.74, 6) is 1.62.